The van der Waals surface area contributed by atoms with Gasteiger partial charge in [0.15, 0.2) is 6.10 Å². The van der Waals surface area contributed by atoms with E-state index >= 15 is 0 Å². The summed E-state index contributed by atoms with van der Waals surface area (Å²) < 4.78 is 16.8. The second kappa shape index (κ2) is 57.1. The van der Waals surface area contributed by atoms with Gasteiger partial charge in [-0.2, -0.15) is 0 Å². The number of unbranched alkanes of at least 4 members (excludes halogenated alkanes) is 21. The number of hydrogen-bond donors (Lipinski definition) is 0. The molecule has 1 atom stereocenters. The van der Waals surface area contributed by atoms with Gasteiger partial charge in [-0.15, -0.1) is 0 Å². The molecule has 0 saturated heterocycles. The van der Waals surface area contributed by atoms with Crippen LogP contribution in [0.4, 0.5) is 0 Å². The first-order chi connectivity index (χ1) is 34.5. The van der Waals surface area contributed by atoms with Crippen LogP contribution in [0.5, 0.6) is 0 Å². The molecule has 0 N–H and O–H groups in total. The SMILES string of the molecule is CC\C=C/C=C\C=C/C=C\C=C\C=C/CCCCCC(=O)OC(COC(=O)CCC/C=C\C/C=C\C/C=C\C/C=C\CCCCC)COC(=O)CCCCCCC/C=C\CCCCCCCCCCC. The smallest absolute Gasteiger partial charge is 0.306 e. The summed E-state index contributed by atoms with van der Waals surface area (Å²) in [7, 11) is 0. The Bertz CT molecular complexity index is 1530. The number of ether oxygens (including phenoxy) is 3. The maximum Gasteiger partial charge on any atom is 0.306 e. The fourth-order valence-electron chi connectivity index (χ4n) is 7.28. The average Bonchev–Trinajstić information content (AvgIpc) is 3.36. The Labute approximate surface area is 430 Å². The van der Waals surface area contributed by atoms with Gasteiger partial charge in [0.25, 0.3) is 0 Å². The van der Waals surface area contributed by atoms with Crippen LogP contribution in [0, 0.1) is 0 Å². The summed E-state index contributed by atoms with van der Waals surface area (Å²) in [5, 5.41) is 0. The van der Waals surface area contributed by atoms with Crippen molar-refractivity contribution >= 4 is 17.9 Å². The van der Waals surface area contributed by atoms with Gasteiger partial charge >= 0.3 is 17.9 Å². The first-order valence-electron chi connectivity index (χ1n) is 28.3. The second-order valence-corrected chi connectivity index (χ2v) is 18.3. The largest absolute Gasteiger partial charge is 0.462 e. The van der Waals surface area contributed by atoms with Gasteiger partial charge in [-0.3, -0.25) is 14.4 Å². The van der Waals surface area contributed by atoms with Crippen molar-refractivity contribution in [2.45, 2.75) is 239 Å². The van der Waals surface area contributed by atoms with Gasteiger partial charge < -0.3 is 14.2 Å². The lowest BCUT2D eigenvalue weighted by molar-refractivity contribution is -0.167. The first-order valence-corrected chi connectivity index (χ1v) is 28.3. The van der Waals surface area contributed by atoms with Crippen LogP contribution in [0.15, 0.2) is 134 Å². The van der Waals surface area contributed by atoms with E-state index < -0.39 is 6.10 Å². The minimum absolute atomic E-state index is 0.122. The lowest BCUT2D eigenvalue weighted by Crippen LogP contribution is -2.30. The van der Waals surface area contributed by atoms with Crippen LogP contribution in [-0.4, -0.2) is 37.2 Å². The van der Waals surface area contributed by atoms with Gasteiger partial charge in [-0.1, -0.05) is 244 Å². The van der Waals surface area contributed by atoms with Crippen molar-refractivity contribution in [3.63, 3.8) is 0 Å². The molecule has 0 amide bonds. The first kappa shape index (κ1) is 65.5. The lowest BCUT2D eigenvalue weighted by atomic mass is 10.1. The molecule has 0 bridgehead atoms. The van der Waals surface area contributed by atoms with Crippen molar-refractivity contribution < 1.29 is 28.6 Å². The van der Waals surface area contributed by atoms with Crippen LogP contribution in [0.25, 0.3) is 0 Å². The minimum atomic E-state index is -0.832. The van der Waals surface area contributed by atoms with E-state index in [1.54, 1.807) is 0 Å². The van der Waals surface area contributed by atoms with Crippen LogP contribution >= 0.6 is 0 Å². The zero-order valence-corrected chi connectivity index (χ0v) is 45.0. The molecule has 0 aliphatic carbocycles. The summed E-state index contributed by atoms with van der Waals surface area (Å²) in [4.78, 5) is 38.1. The standard InChI is InChI=1S/C64H102O6/c1-4-7-10-13-16-19-22-25-28-31-34-36-39-42-45-48-51-54-57-63(66)69-60-61(70-64(67)58-55-52-49-46-43-40-37-33-30-27-24-21-18-15-12-9-6-3)59-68-62(65)56-53-50-47-44-41-38-35-32-29-26-23-20-17-14-11-8-5-2/h9,12,15,17-18,20-21,24,26-27,29-30,33-38,40,43-44,47,61H,4-8,10-11,13-14,16,19,22-23,25,28,31-32,39,41-42,45-46,48-60H2,1-3H3/b12-9-,18-15-,20-17-,24-21-,29-26-,30-27-,36-34-,37-33+,38-35-,43-40-,47-44-. The predicted molar refractivity (Wildman–Crippen MR) is 302 cm³/mol. The van der Waals surface area contributed by atoms with Crippen LogP contribution in [0.2, 0.25) is 0 Å². The Morgan fingerprint density at radius 2 is 0.629 bits per heavy atom. The fraction of sp³-hybridized carbons (Fsp3) is 0.609. The molecular formula is C64H102O6. The highest BCUT2D eigenvalue weighted by atomic mass is 16.6. The molecule has 394 valence electrons. The molecular weight excluding hydrogens is 865 g/mol. The molecule has 0 heterocycles. The summed E-state index contributed by atoms with van der Waals surface area (Å²) in [6.45, 7) is 6.37. The molecule has 0 aromatic heterocycles. The minimum Gasteiger partial charge on any atom is -0.462 e. The molecule has 0 fully saturated rings. The molecule has 0 aromatic carbocycles. The van der Waals surface area contributed by atoms with Gasteiger partial charge in [-0.05, 0) is 103 Å². The topological polar surface area (TPSA) is 78.9 Å². The van der Waals surface area contributed by atoms with Crippen LogP contribution in [0.1, 0.15) is 233 Å². The molecule has 70 heavy (non-hydrogen) atoms. The monoisotopic (exact) mass is 967 g/mol. The highest BCUT2D eigenvalue weighted by molar-refractivity contribution is 5.71. The summed E-state index contributed by atoms with van der Waals surface area (Å²) >= 11 is 0. The zero-order chi connectivity index (χ0) is 50.7. The van der Waals surface area contributed by atoms with E-state index in [-0.39, 0.29) is 44.0 Å². The quantitative estimate of drug-likeness (QED) is 0.0199. The highest BCUT2D eigenvalue weighted by Gasteiger charge is 2.19. The maximum atomic E-state index is 12.8. The van der Waals surface area contributed by atoms with Gasteiger partial charge in [0.05, 0.1) is 0 Å². The fourth-order valence-corrected chi connectivity index (χ4v) is 7.28. The van der Waals surface area contributed by atoms with E-state index in [2.05, 4.69) is 93.7 Å². The summed E-state index contributed by atoms with van der Waals surface area (Å²) in [5.41, 5.74) is 0. The molecule has 6 nitrogen and oxygen atoms in total. The number of allylic oxidation sites excluding steroid dienone is 22. The molecule has 6 heteroatoms. The Kier molecular flexibility index (Phi) is 53.5. The zero-order valence-electron chi connectivity index (χ0n) is 45.0. The molecule has 0 radical (unpaired) electrons. The lowest BCUT2D eigenvalue weighted by Gasteiger charge is -2.18. The van der Waals surface area contributed by atoms with E-state index in [4.69, 9.17) is 14.2 Å². The highest BCUT2D eigenvalue weighted by Crippen LogP contribution is 2.13. The third-order valence-corrected chi connectivity index (χ3v) is 11.5. The molecule has 0 aliphatic heterocycles. The number of esters is 3. The van der Waals surface area contributed by atoms with Gasteiger partial charge in [0, 0.05) is 19.3 Å². The van der Waals surface area contributed by atoms with Crippen molar-refractivity contribution in [1.82, 2.24) is 0 Å². The molecule has 0 spiro atoms. The molecule has 0 rings (SSSR count). The number of carbonyl (C=O) groups excluding carboxylic acids is 3. The van der Waals surface area contributed by atoms with E-state index in [1.807, 2.05) is 60.8 Å². The normalized spacial score (nSPS) is 13.1. The van der Waals surface area contributed by atoms with Gasteiger partial charge in [-0.25, -0.2) is 0 Å². The summed E-state index contributed by atoms with van der Waals surface area (Å²) in [6, 6.07) is 0. The molecule has 0 aromatic rings. The van der Waals surface area contributed by atoms with Crippen LogP contribution < -0.4 is 0 Å². The third-order valence-electron chi connectivity index (χ3n) is 11.5. The Morgan fingerprint density at radius 1 is 0.314 bits per heavy atom. The average molecular weight is 968 g/mol. The molecule has 0 aliphatic rings. The van der Waals surface area contributed by atoms with E-state index in [0.29, 0.717) is 19.3 Å². The summed E-state index contributed by atoms with van der Waals surface area (Å²) in [6.07, 6.45) is 80.1. The molecule has 0 saturated carbocycles. The van der Waals surface area contributed by atoms with E-state index in [9.17, 15) is 14.4 Å². The van der Waals surface area contributed by atoms with Crippen molar-refractivity contribution in [1.29, 1.82) is 0 Å². The van der Waals surface area contributed by atoms with Crippen molar-refractivity contribution in [2.75, 3.05) is 13.2 Å². The Hall–Kier alpha value is -4.45. The Balaban J connectivity index is 4.59. The second-order valence-electron chi connectivity index (χ2n) is 18.3. The van der Waals surface area contributed by atoms with Crippen molar-refractivity contribution in [3.8, 4) is 0 Å². The molecule has 1 unspecified atom stereocenters. The number of rotatable bonds is 49. The van der Waals surface area contributed by atoms with Gasteiger partial charge in [0.1, 0.15) is 13.2 Å². The van der Waals surface area contributed by atoms with Crippen LogP contribution in [0.3, 0.4) is 0 Å². The van der Waals surface area contributed by atoms with E-state index in [1.165, 1.54) is 96.3 Å². The third kappa shape index (κ3) is 54.5. The maximum absolute atomic E-state index is 12.8. The van der Waals surface area contributed by atoms with Crippen LogP contribution in [-0.2, 0) is 28.6 Å². The summed E-state index contributed by atoms with van der Waals surface area (Å²) in [5.74, 6) is -1.04. The number of carbonyl (C=O) groups is 3. The number of hydrogen-bond acceptors (Lipinski definition) is 6. The van der Waals surface area contributed by atoms with E-state index in [0.717, 1.165) is 83.5 Å². The van der Waals surface area contributed by atoms with Gasteiger partial charge in [0.2, 0.25) is 0 Å². The Morgan fingerprint density at radius 3 is 1.11 bits per heavy atom. The van der Waals surface area contributed by atoms with Crippen molar-refractivity contribution in [3.05, 3.63) is 134 Å². The van der Waals surface area contributed by atoms with Crippen molar-refractivity contribution in [2.24, 2.45) is 0 Å². The predicted octanol–water partition coefficient (Wildman–Crippen LogP) is 19.0.